The second-order valence-corrected chi connectivity index (χ2v) is 3.24. The van der Waals surface area contributed by atoms with Gasteiger partial charge in [0.2, 0.25) is 0 Å². The van der Waals surface area contributed by atoms with Crippen molar-refractivity contribution in [2.45, 2.75) is 6.92 Å². The molecule has 0 saturated heterocycles. The van der Waals surface area contributed by atoms with Crippen LogP contribution < -0.4 is 0 Å². The summed E-state index contributed by atoms with van der Waals surface area (Å²) in [5.74, 6) is 0.0617. The van der Waals surface area contributed by atoms with Crippen LogP contribution in [-0.2, 0) is 0 Å². The molecule has 2 aromatic rings. The second-order valence-electron chi connectivity index (χ2n) is 2.48. The highest BCUT2D eigenvalue weighted by Gasteiger charge is 2.07. The molecule has 1 aromatic heterocycles. The van der Waals surface area contributed by atoms with E-state index in [1.807, 2.05) is 12.1 Å². The molecule has 0 atom stereocenters. The highest BCUT2D eigenvalue weighted by Crippen LogP contribution is 2.20. The van der Waals surface area contributed by atoms with Gasteiger partial charge >= 0.3 is 0 Å². The Labute approximate surface area is 73.2 Å². The molecule has 12 heavy (non-hydrogen) atoms. The second kappa shape index (κ2) is 2.64. The number of hydrogen-bond acceptors (Lipinski definition) is 4. The van der Waals surface area contributed by atoms with Crippen molar-refractivity contribution in [3.05, 3.63) is 23.8 Å². The van der Waals surface area contributed by atoms with Crippen molar-refractivity contribution in [1.82, 2.24) is 9.59 Å². The molecule has 0 aliphatic carbocycles. The summed E-state index contributed by atoms with van der Waals surface area (Å²) in [7, 11) is 0. The molecule has 0 bridgehead atoms. The third-order valence-corrected chi connectivity index (χ3v) is 2.43. The molecule has 60 valence electrons. The lowest BCUT2D eigenvalue weighted by molar-refractivity contribution is 0.101. The van der Waals surface area contributed by atoms with E-state index < -0.39 is 0 Å². The Hall–Kier alpha value is -1.29. The zero-order chi connectivity index (χ0) is 8.55. The number of carbonyl (C=O) groups excluding carboxylic acids is 1. The summed E-state index contributed by atoms with van der Waals surface area (Å²) in [5, 5.41) is 3.88. The van der Waals surface area contributed by atoms with E-state index in [1.54, 1.807) is 13.0 Å². The molecule has 1 heterocycles. The van der Waals surface area contributed by atoms with Gasteiger partial charge in [-0.2, -0.15) is 0 Å². The summed E-state index contributed by atoms with van der Waals surface area (Å²) in [5.41, 5.74) is 1.51. The normalized spacial score (nSPS) is 10.4. The lowest BCUT2D eigenvalue weighted by Crippen LogP contribution is -1.90. The zero-order valence-electron chi connectivity index (χ0n) is 6.44. The Morgan fingerprint density at radius 3 is 3.08 bits per heavy atom. The topological polar surface area (TPSA) is 42.9 Å². The van der Waals surface area contributed by atoms with E-state index in [0.29, 0.717) is 5.56 Å². The molecule has 4 heteroatoms. The Balaban J connectivity index is 2.82. The summed E-state index contributed by atoms with van der Waals surface area (Å²) < 4.78 is 4.66. The van der Waals surface area contributed by atoms with Gasteiger partial charge in [-0.3, -0.25) is 4.79 Å². The maximum absolute atomic E-state index is 11.1. The van der Waals surface area contributed by atoms with Crippen LogP contribution in [0.4, 0.5) is 0 Å². The number of carbonyl (C=O) groups is 1. The molecule has 0 aliphatic rings. The largest absolute Gasteiger partial charge is 0.294 e. The van der Waals surface area contributed by atoms with Gasteiger partial charge in [0.25, 0.3) is 0 Å². The number of hydrogen-bond donors (Lipinski definition) is 0. The number of ketones is 1. The van der Waals surface area contributed by atoms with Gasteiger partial charge in [-0.15, -0.1) is 5.10 Å². The van der Waals surface area contributed by atoms with E-state index in [-0.39, 0.29) is 5.78 Å². The zero-order valence-corrected chi connectivity index (χ0v) is 7.26. The number of fused-ring (bicyclic) bond motifs is 1. The number of rotatable bonds is 1. The fourth-order valence-corrected chi connectivity index (χ4v) is 1.80. The van der Waals surface area contributed by atoms with E-state index >= 15 is 0 Å². The first-order chi connectivity index (χ1) is 5.79. The van der Waals surface area contributed by atoms with Crippen LogP contribution in [0.5, 0.6) is 0 Å². The van der Waals surface area contributed by atoms with Gasteiger partial charge in [-0.1, -0.05) is 10.6 Å². The minimum atomic E-state index is 0.0617. The number of Topliss-reactive ketones (excluding diaryl/α,β-unsaturated/α-hetero) is 1. The van der Waals surface area contributed by atoms with E-state index in [0.717, 1.165) is 10.2 Å². The van der Waals surface area contributed by atoms with E-state index in [9.17, 15) is 4.79 Å². The first-order valence-electron chi connectivity index (χ1n) is 3.51. The van der Waals surface area contributed by atoms with Crippen molar-refractivity contribution in [3.8, 4) is 0 Å². The maximum atomic E-state index is 11.1. The predicted octanol–water partition coefficient (Wildman–Crippen LogP) is 1.89. The average molecular weight is 178 g/mol. The molecular weight excluding hydrogens is 172 g/mol. The summed E-state index contributed by atoms with van der Waals surface area (Å²) >= 11 is 1.26. The minimum absolute atomic E-state index is 0.0617. The smallest absolute Gasteiger partial charge is 0.161 e. The average Bonchev–Trinajstić information content (AvgIpc) is 2.49. The highest BCUT2D eigenvalue weighted by molar-refractivity contribution is 7.13. The molecule has 0 amide bonds. The van der Waals surface area contributed by atoms with E-state index in [2.05, 4.69) is 9.59 Å². The number of nitrogens with zero attached hydrogens (tertiary/aromatic N) is 2. The molecule has 0 N–H and O–H groups in total. The molecule has 0 fully saturated rings. The summed E-state index contributed by atoms with van der Waals surface area (Å²) in [4.78, 5) is 11.1. The van der Waals surface area contributed by atoms with E-state index in [4.69, 9.17) is 0 Å². The maximum Gasteiger partial charge on any atom is 0.161 e. The fraction of sp³-hybridized carbons (Fsp3) is 0.125. The predicted molar refractivity (Wildman–Crippen MR) is 47.4 cm³/mol. The molecule has 3 nitrogen and oxygen atoms in total. The van der Waals surface area contributed by atoms with Gasteiger partial charge in [0.1, 0.15) is 5.52 Å². The summed E-state index contributed by atoms with van der Waals surface area (Å²) in [6.45, 7) is 1.55. The quantitative estimate of drug-likeness (QED) is 0.626. The molecule has 1 aromatic carbocycles. The van der Waals surface area contributed by atoms with Gasteiger partial charge in [0.15, 0.2) is 5.78 Å². The van der Waals surface area contributed by atoms with Crippen LogP contribution in [0.15, 0.2) is 18.2 Å². The van der Waals surface area contributed by atoms with Crippen LogP contribution in [0, 0.1) is 0 Å². The van der Waals surface area contributed by atoms with Crippen LogP contribution >= 0.6 is 11.5 Å². The van der Waals surface area contributed by atoms with Crippen LogP contribution in [0.3, 0.4) is 0 Å². The van der Waals surface area contributed by atoms with Gasteiger partial charge in [-0.05, 0) is 30.6 Å². The third kappa shape index (κ3) is 1.00. The van der Waals surface area contributed by atoms with Gasteiger partial charge in [0.05, 0.1) is 4.70 Å². The lowest BCUT2D eigenvalue weighted by atomic mass is 10.1. The SMILES string of the molecule is CC(=O)c1cccc2nnsc12. The number of benzene rings is 1. The summed E-state index contributed by atoms with van der Waals surface area (Å²) in [6, 6.07) is 5.47. The molecule has 0 unspecified atom stereocenters. The fourth-order valence-electron chi connectivity index (χ4n) is 1.08. The van der Waals surface area contributed by atoms with Crippen LogP contribution in [0.1, 0.15) is 17.3 Å². The molecule has 2 rings (SSSR count). The first kappa shape index (κ1) is 7.36. The Morgan fingerprint density at radius 1 is 1.50 bits per heavy atom. The lowest BCUT2D eigenvalue weighted by Gasteiger charge is -1.93. The van der Waals surface area contributed by atoms with Gasteiger partial charge in [-0.25, -0.2) is 0 Å². The molecule has 0 saturated carbocycles. The minimum Gasteiger partial charge on any atom is -0.294 e. The number of aromatic nitrogens is 2. The monoisotopic (exact) mass is 178 g/mol. The standard InChI is InChI=1S/C8H6N2OS/c1-5(11)6-3-2-4-7-8(6)12-10-9-7/h2-4H,1H3. The van der Waals surface area contributed by atoms with E-state index in [1.165, 1.54) is 11.5 Å². The van der Waals surface area contributed by atoms with Gasteiger partial charge < -0.3 is 0 Å². The van der Waals surface area contributed by atoms with Crippen molar-refractivity contribution in [2.24, 2.45) is 0 Å². The van der Waals surface area contributed by atoms with Crippen molar-refractivity contribution in [3.63, 3.8) is 0 Å². The molecule has 0 aliphatic heterocycles. The molecular formula is C8H6N2OS. The van der Waals surface area contributed by atoms with Gasteiger partial charge in [0, 0.05) is 5.56 Å². The Kier molecular flexibility index (Phi) is 1.62. The molecule has 0 radical (unpaired) electrons. The third-order valence-electron chi connectivity index (χ3n) is 1.65. The van der Waals surface area contributed by atoms with Crippen molar-refractivity contribution in [1.29, 1.82) is 0 Å². The summed E-state index contributed by atoms with van der Waals surface area (Å²) in [6.07, 6.45) is 0. The Morgan fingerprint density at radius 2 is 2.33 bits per heavy atom. The van der Waals surface area contributed by atoms with Crippen molar-refractivity contribution >= 4 is 27.5 Å². The van der Waals surface area contributed by atoms with Crippen LogP contribution in [0.25, 0.3) is 10.2 Å². The Bertz CT molecular complexity index is 435. The van der Waals surface area contributed by atoms with Crippen LogP contribution in [-0.4, -0.2) is 15.4 Å². The molecule has 0 spiro atoms. The first-order valence-corrected chi connectivity index (χ1v) is 4.28. The van der Waals surface area contributed by atoms with Crippen molar-refractivity contribution in [2.75, 3.05) is 0 Å². The van der Waals surface area contributed by atoms with Crippen molar-refractivity contribution < 1.29 is 4.79 Å². The van der Waals surface area contributed by atoms with Crippen LogP contribution in [0.2, 0.25) is 0 Å². The highest BCUT2D eigenvalue weighted by atomic mass is 32.1.